The highest BCUT2D eigenvalue weighted by atomic mass is 16.5. The molecule has 0 fully saturated rings. The van der Waals surface area contributed by atoms with Gasteiger partial charge in [0.05, 0.1) is 31.0 Å². The van der Waals surface area contributed by atoms with Crippen molar-refractivity contribution in [3.8, 4) is 5.75 Å². The standard InChI is InChI=1S/C21H21N3O3/c1-23-17-13-24(12-14-6-4-3-5-7-14)20(25)18(17)19(22-21(23)26)15-8-10-16(27-2)11-9-15/h3-11,19H,12-13H2,1-2H3,(H,22,26)/t19-/m0/s1. The fraction of sp³-hybridized carbons (Fsp3) is 0.238. The van der Waals surface area contributed by atoms with E-state index in [-0.39, 0.29) is 11.9 Å². The molecule has 27 heavy (non-hydrogen) atoms. The summed E-state index contributed by atoms with van der Waals surface area (Å²) < 4.78 is 5.20. The molecule has 4 rings (SSSR count). The molecular weight excluding hydrogens is 342 g/mol. The number of benzene rings is 2. The van der Waals surface area contributed by atoms with Crippen molar-refractivity contribution < 1.29 is 14.3 Å². The second-order valence-corrected chi connectivity index (χ2v) is 6.72. The molecule has 0 aromatic heterocycles. The van der Waals surface area contributed by atoms with E-state index in [1.54, 1.807) is 19.1 Å². The number of nitrogens with zero attached hydrogens (tertiary/aromatic N) is 2. The second kappa shape index (κ2) is 6.79. The van der Waals surface area contributed by atoms with Crippen molar-refractivity contribution in [2.75, 3.05) is 20.7 Å². The molecular formula is C21H21N3O3. The zero-order valence-electron chi connectivity index (χ0n) is 15.3. The lowest BCUT2D eigenvalue weighted by atomic mass is 9.95. The van der Waals surface area contributed by atoms with Crippen LogP contribution < -0.4 is 10.1 Å². The van der Waals surface area contributed by atoms with Gasteiger partial charge in [0.2, 0.25) is 0 Å². The number of hydrogen-bond acceptors (Lipinski definition) is 3. The smallest absolute Gasteiger partial charge is 0.322 e. The van der Waals surface area contributed by atoms with Crippen molar-refractivity contribution in [3.63, 3.8) is 0 Å². The van der Waals surface area contributed by atoms with Gasteiger partial charge < -0.3 is 15.0 Å². The molecule has 0 saturated carbocycles. The maximum absolute atomic E-state index is 13.2. The normalized spacial score (nSPS) is 19.3. The summed E-state index contributed by atoms with van der Waals surface area (Å²) in [7, 11) is 3.31. The summed E-state index contributed by atoms with van der Waals surface area (Å²) in [5.74, 6) is 0.692. The molecule has 1 N–H and O–H groups in total. The van der Waals surface area contributed by atoms with E-state index in [2.05, 4.69) is 5.32 Å². The molecule has 0 saturated heterocycles. The Morgan fingerprint density at radius 1 is 1.07 bits per heavy atom. The van der Waals surface area contributed by atoms with E-state index in [4.69, 9.17) is 4.74 Å². The van der Waals surface area contributed by atoms with Gasteiger partial charge in [-0.05, 0) is 23.3 Å². The summed E-state index contributed by atoms with van der Waals surface area (Å²) in [4.78, 5) is 28.9. The van der Waals surface area contributed by atoms with Crippen molar-refractivity contribution in [2.24, 2.45) is 0 Å². The van der Waals surface area contributed by atoms with Crippen LogP contribution in [0.4, 0.5) is 4.79 Å². The van der Waals surface area contributed by atoms with E-state index in [1.165, 1.54) is 4.90 Å². The number of likely N-dealkylation sites (N-methyl/N-ethyl adjacent to an activating group) is 1. The van der Waals surface area contributed by atoms with Crippen molar-refractivity contribution in [1.82, 2.24) is 15.1 Å². The highest BCUT2D eigenvalue weighted by molar-refractivity contribution is 6.01. The Hall–Kier alpha value is -3.28. The van der Waals surface area contributed by atoms with Crippen molar-refractivity contribution >= 4 is 11.9 Å². The van der Waals surface area contributed by atoms with E-state index in [1.807, 2.05) is 54.6 Å². The van der Waals surface area contributed by atoms with Gasteiger partial charge in [0, 0.05) is 13.6 Å². The van der Waals surface area contributed by atoms with Gasteiger partial charge in [0.15, 0.2) is 0 Å². The van der Waals surface area contributed by atoms with Crippen LogP contribution in [0, 0.1) is 0 Å². The van der Waals surface area contributed by atoms with Crippen molar-refractivity contribution in [2.45, 2.75) is 12.6 Å². The third kappa shape index (κ3) is 3.03. The number of ether oxygens (including phenoxy) is 1. The lowest BCUT2D eigenvalue weighted by Crippen LogP contribution is -2.45. The first-order valence-electron chi connectivity index (χ1n) is 8.83. The van der Waals surface area contributed by atoms with Crippen molar-refractivity contribution in [3.05, 3.63) is 77.0 Å². The van der Waals surface area contributed by atoms with Gasteiger partial charge in [-0.15, -0.1) is 0 Å². The highest BCUT2D eigenvalue weighted by Gasteiger charge is 2.42. The lowest BCUT2D eigenvalue weighted by molar-refractivity contribution is -0.126. The number of hydrogen-bond donors (Lipinski definition) is 1. The Bertz CT molecular complexity index is 906. The first kappa shape index (κ1) is 17.1. The number of urea groups is 1. The zero-order chi connectivity index (χ0) is 19.0. The molecule has 0 spiro atoms. The molecule has 0 radical (unpaired) electrons. The number of methoxy groups -OCH3 is 1. The van der Waals surface area contributed by atoms with Gasteiger partial charge in [-0.25, -0.2) is 4.79 Å². The van der Waals surface area contributed by atoms with E-state index in [0.717, 1.165) is 22.6 Å². The summed E-state index contributed by atoms with van der Waals surface area (Å²) in [6.07, 6.45) is 0. The number of rotatable bonds is 4. The summed E-state index contributed by atoms with van der Waals surface area (Å²) in [5.41, 5.74) is 3.33. The Labute approximate surface area is 158 Å². The van der Waals surface area contributed by atoms with E-state index >= 15 is 0 Å². The molecule has 6 heteroatoms. The Morgan fingerprint density at radius 2 is 1.78 bits per heavy atom. The topological polar surface area (TPSA) is 61.9 Å². The van der Waals surface area contributed by atoms with Crippen LogP contribution in [-0.2, 0) is 11.3 Å². The molecule has 2 aromatic carbocycles. The minimum absolute atomic E-state index is 0.0403. The van der Waals surface area contributed by atoms with E-state index < -0.39 is 6.04 Å². The first-order valence-corrected chi connectivity index (χ1v) is 8.83. The summed E-state index contributed by atoms with van der Waals surface area (Å²) in [6, 6.07) is 16.6. The molecule has 2 aliphatic rings. The van der Waals surface area contributed by atoms with Crippen LogP contribution in [0.5, 0.6) is 5.75 Å². The fourth-order valence-corrected chi connectivity index (χ4v) is 3.60. The van der Waals surface area contributed by atoms with Gasteiger partial charge in [-0.2, -0.15) is 0 Å². The van der Waals surface area contributed by atoms with Crippen LogP contribution in [0.1, 0.15) is 17.2 Å². The zero-order valence-corrected chi connectivity index (χ0v) is 15.3. The third-order valence-corrected chi connectivity index (χ3v) is 5.10. The minimum Gasteiger partial charge on any atom is -0.497 e. The van der Waals surface area contributed by atoms with Gasteiger partial charge in [0.1, 0.15) is 5.75 Å². The van der Waals surface area contributed by atoms with E-state index in [9.17, 15) is 9.59 Å². The highest BCUT2D eigenvalue weighted by Crippen LogP contribution is 2.36. The molecule has 0 unspecified atom stereocenters. The number of carbonyl (C=O) groups is 2. The number of carbonyl (C=O) groups excluding carboxylic acids is 2. The molecule has 1 atom stereocenters. The maximum atomic E-state index is 13.2. The molecule has 138 valence electrons. The molecule has 2 aliphatic heterocycles. The van der Waals surface area contributed by atoms with Gasteiger partial charge in [-0.1, -0.05) is 42.5 Å². The van der Waals surface area contributed by atoms with Gasteiger partial charge >= 0.3 is 6.03 Å². The lowest BCUT2D eigenvalue weighted by Gasteiger charge is -2.31. The molecule has 0 aliphatic carbocycles. The average molecular weight is 363 g/mol. The molecule has 2 aromatic rings. The molecule has 0 bridgehead atoms. The van der Waals surface area contributed by atoms with Crippen LogP contribution in [0.15, 0.2) is 65.9 Å². The Kier molecular flexibility index (Phi) is 4.32. The first-order chi connectivity index (χ1) is 13.1. The molecule has 6 nitrogen and oxygen atoms in total. The second-order valence-electron chi connectivity index (χ2n) is 6.72. The van der Waals surface area contributed by atoms with Crippen LogP contribution in [0.2, 0.25) is 0 Å². The fourth-order valence-electron chi connectivity index (χ4n) is 3.60. The maximum Gasteiger partial charge on any atom is 0.322 e. The summed E-state index contributed by atoms with van der Waals surface area (Å²) in [5, 5.41) is 2.95. The van der Waals surface area contributed by atoms with Crippen LogP contribution in [0.25, 0.3) is 0 Å². The SMILES string of the molecule is COc1ccc([C@@H]2NC(=O)N(C)C3=C2C(=O)N(Cc2ccccc2)C3)cc1. The van der Waals surface area contributed by atoms with Gasteiger partial charge in [-0.3, -0.25) is 9.69 Å². The predicted octanol–water partition coefficient (Wildman–Crippen LogP) is 2.69. The number of amides is 3. The largest absolute Gasteiger partial charge is 0.497 e. The van der Waals surface area contributed by atoms with Gasteiger partial charge in [0.25, 0.3) is 5.91 Å². The Balaban J connectivity index is 1.66. The van der Waals surface area contributed by atoms with Crippen molar-refractivity contribution in [1.29, 1.82) is 0 Å². The van der Waals surface area contributed by atoms with E-state index in [0.29, 0.717) is 18.7 Å². The average Bonchev–Trinajstić information content (AvgIpc) is 3.02. The predicted molar refractivity (Wildman–Crippen MR) is 101 cm³/mol. The summed E-state index contributed by atoms with van der Waals surface area (Å²) >= 11 is 0. The van der Waals surface area contributed by atoms with Crippen LogP contribution in [0.3, 0.4) is 0 Å². The molecule has 3 amide bonds. The third-order valence-electron chi connectivity index (χ3n) is 5.10. The quantitative estimate of drug-likeness (QED) is 0.909. The number of nitrogens with one attached hydrogen (secondary N) is 1. The minimum atomic E-state index is -0.456. The monoisotopic (exact) mass is 363 g/mol. The van der Waals surface area contributed by atoms with Crippen LogP contribution >= 0.6 is 0 Å². The molecule has 2 heterocycles. The Morgan fingerprint density at radius 3 is 2.44 bits per heavy atom. The van der Waals surface area contributed by atoms with Crippen LogP contribution in [-0.4, -0.2) is 42.4 Å². The summed E-state index contributed by atoms with van der Waals surface area (Å²) in [6.45, 7) is 0.948.